The summed E-state index contributed by atoms with van der Waals surface area (Å²) in [5, 5.41) is 2.07. The highest BCUT2D eigenvalue weighted by molar-refractivity contribution is 9.10. The second kappa shape index (κ2) is 5.97. The van der Waals surface area contributed by atoms with Crippen LogP contribution in [0.25, 0.3) is 11.0 Å². The molecule has 0 aliphatic rings. The molecule has 0 bridgehead atoms. The number of hydrogen-bond acceptors (Lipinski definition) is 5. The molecular weight excluding hydrogens is 336 g/mol. The molecule has 2 aromatic heterocycles. The molecule has 0 aliphatic carbocycles. The number of hydrazine groups is 1. The Hall–Kier alpha value is -1.34. The summed E-state index contributed by atoms with van der Waals surface area (Å²) in [6, 6.07) is 8.17. The van der Waals surface area contributed by atoms with Gasteiger partial charge in [-0.3, -0.25) is 21.2 Å². The summed E-state index contributed by atoms with van der Waals surface area (Å²) in [6.07, 6.45) is 4.23. The first kappa shape index (κ1) is 13.6. The van der Waals surface area contributed by atoms with Crippen molar-refractivity contribution < 1.29 is 0 Å². The minimum absolute atomic E-state index is 0.0522. The van der Waals surface area contributed by atoms with Crippen molar-refractivity contribution in [2.24, 2.45) is 5.84 Å². The molecular formula is C14H13BrN4S. The van der Waals surface area contributed by atoms with Gasteiger partial charge in [-0.05, 0) is 45.1 Å². The van der Waals surface area contributed by atoms with E-state index in [4.69, 9.17) is 5.84 Å². The second-order valence-electron chi connectivity index (χ2n) is 4.42. The number of aromatic nitrogens is 2. The molecule has 102 valence electrons. The van der Waals surface area contributed by atoms with Crippen LogP contribution >= 0.6 is 27.3 Å². The Morgan fingerprint density at radius 1 is 1.20 bits per heavy atom. The molecule has 0 amide bonds. The van der Waals surface area contributed by atoms with E-state index < -0.39 is 0 Å². The number of fused-ring (bicyclic) bond motifs is 1. The first-order chi connectivity index (χ1) is 9.78. The fourth-order valence-electron chi connectivity index (χ4n) is 2.13. The van der Waals surface area contributed by atoms with Crippen LogP contribution in [0.1, 0.15) is 16.5 Å². The van der Waals surface area contributed by atoms with Gasteiger partial charge in [-0.15, -0.1) is 11.3 Å². The van der Waals surface area contributed by atoms with Crippen LogP contribution in [-0.2, 0) is 6.42 Å². The van der Waals surface area contributed by atoms with Crippen LogP contribution in [0.3, 0.4) is 0 Å². The fourth-order valence-corrected chi connectivity index (χ4v) is 3.69. The van der Waals surface area contributed by atoms with Crippen molar-refractivity contribution in [3.8, 4) is 0 Å². The molecule has 1 aromatic carbocycles. The Kier molecular flexibility index (Phi) is 4.07. The van der Waals surface area contributed by atoms with Gasteiger partial charge in [0.1, 0.15) is 0 Å². The van der Waals surface area contributed by atoms with Gasteiger partial charge >= 0.3 is 0 Å². The van der Waals surface area contributed by atoms with E-state index in [-0.39, 0.29) is 6.04 Å². The number of halogens is 1. The zero-order valence-electron chi connectivity index (χ0n) is 10.6. The molecule has 0 saturated carbocycles. The average molecular weight is 349 g/mol. The van der Waals surface area contributed by atoms with Gasteiger partial charge in [0.25, 0.3) is 0 Å². The zero-order valence-corrected chi connectivity index (χ0v) is 13.0. The Bertz CT molecular complexity index is 728. The molecule has 4 nitrogen and oxygen atoms in total. The van der Waals surface area contributed by atoms with E-state index in [1.807, 2.05) is 18.2 Å². The Morgan fingerprint density at radius 2 is 2.00 bits per heavy atom. The Balaban J connectivity index is 1.92. The van der Waals surface area contributed by atoms with Crippen LogP contribution in [0.15, 0.2) is 46.5 Å². The van der Waals surface area contributed by atoms with Crippen molar-refractivity contribution in [1.82, 2.24) is 15.4 Å². The number of benzene rings is 1. The summed E-state index contributed by atoms with van der Waals surface area (Å²) in [7, 11) is 0. The topological polar surface area (TPSA) is 63.8 Å². The lowest BCUT2D eigenvalue weighted by molar-refractivity contribution is 0.555. The Labute approximate surface area is 129 Å². The van der Waals surface area contributed by atoms with Crippen LogP contribution in [0, 0.1) is 0 Å². The number of nitrogens with two attached hydrogens (primary N) is 1. The number of hydrogen-bond donors (Lipinski definition) is 2. The summed E-state index contributed by atoms with van der Waals surface area (Å²) in [6.45, 7) is 0. The predicted octanol–water partition coefficient (Wildman–Crippen LogP) is 3.20. The van der Waals surface area contributed by atoms with Gasteiger partial charge in [0.05, 0.1) is 17.1 Å². The Morgan fingerprint density at radius 3 is 2.70 bits per heavy atom. The molecule has 0 radical (unpaired) electrons. The van der Waals surface area contributed by atoms with E-state index in [0.29, 0.717) is 0 Å². The molecule has 2 heterocycles. The summed E-state index contributed by atoms with van der Waals surface area (Å²) in [5.41, 5.74) is 5.78. The van der Waals surface area contributed by atoms with Crippen molar-refractivity contribution in [3.63, 3.8) is 0 Å². The summed E-state index contributed by atoms with van der Waals surface area (Å²) in [4.78, 5) is 9.88. The highest BCUT2D eigenvalue weighted by Gasteiger charge is 2.14. The van der Waals surface area contributed by atoms with Gasteiger partial charge in [-0.2, -0.15) is 0 Å². The number of nitrogens with one attached hydrogen (secondary N) is 1. The van der Waals surface area contributed by atoms with Gasteiger partial charge in [0, 0.05) is 28.2 Å². The van der Waals surface area contributed by atoms with Gasteiger partial charge in [-0.25, -0.2) is 0 Å². The van der Waals surface area contributed by atoms with Crippen molar-refractivity contribution >= 4 is 38.3 Å². The van der Waals surface area contributed by atoms with Crippen LogP contribution in [0.2, 0.25) is 0 Å². The average Bonchev–Trinajstić information content (AvgIpc) is 2.89. The van der Waals surface area contributed by atoms with Crippen molar-refractivity contribution in [1.29, 1.82) is 0 Å². The van der Waals surface area contributed by atoms with Gasteiger partial charge in [0.2, 0.25) is 0 Å². The van der Waals surface area contributed by atoms with Crippen LogP contribution < -0.4 is 11.3 Å². The van der Waals surface area contributed by atoms with E-state index in [2.05, 4.69) is 42.8 Å². The first-order valence-electron chi connectivity index (χ1n) is 6.16. The molecule has 0 saturated heterocycles. The van der Waals surface area contributed by atoms with Crippen molar-refractivity contribution in [2.75, 3.05) is 0 Å². The molecule has 20 heavy (non-hydrogen) atoms. The zero-order chi connectivity index (χ0) is 13.9. The number of thiophene rings is 1. The first-order valence-corrected chi connectivity index (χ1v) is 7.84. The van der Waals surface area contributed by atoms with E-state index in [0.717, 1.165) is 27.5 Å². The maximum atomic E-state index is 5.72. The molecule has 0 aliphatic heterocycles. The lowest BCUT2D eigenvalue weighted by Gasteiger charge is -2.16. The number of nitrogens with zero attached hydrogens (tertiary/aromatic N) is 2. The number of rotatable bonds is 4. The van der Waals surface area contributed by atoms with Crippen LogP contribution in [0.4, 0.5) is 0 Å². The SMILES string of the molecule is NNC(Cc1sccc1Br)c1ccc2nccnc2c1. The van der Waals surface area contributed by atoms with Crippen molar-refractivity contribution in [3.05, 3.63) is 57.0 Å². The molecule has 0 spiro atoms. The summed E-state index contributed by atoms with van der Waals surface area (Å²) in [5.74, 6) is 5.72. The maximum Gasteiger partial charge on any atom is 0.0890 e. The maximum absolute atomic E-state index is 5.72. The quantitative estimate of drug-likeness (QED) is 0.561. The van der Waals surface area contributed by atoms with Gasteiger partial charge < -0.3 is 0 Å². The van der Waals surface area contributed by atoms with Crippen LogP contribution in [0.5, 0.6) is 0 Å². The van der Waals surface area contributed by atoms with Gasteiger partial charge in [-0.1, -0.05) is 6.07 Å². The largest absolute Gasteiger partial charge is 0.271 e. The van der Waals surface area contributed by atoms with E-state index in [1.54, 1.807) is 23.7 Å². The second-order valence-corrected chi connectivity index (χ2v) is 6.27. The molecule has 3 rings (SSSR count). The summed E-state index contributed by atoms with van der Waals surface area (Å²) >= 11 is 5.28. The van der Waals surface area contributed by atoms with E-state index in [9.17, 15) is 0 Å². The summed E-state index contributed by atoms with van der Waals surface area (Å²) < 4.78 is 1.13. The molecule has 1 atom stereocenters. The van der Waals surface area contributed by atoms with Crippen LogP contribution in [-0.4, -0.2) is 9.97 Å². The van der Waals surface area contributed by atoms with Gasteiger partial charge in [0.15, 0.2) is 0 Å². The van der Waals surface area contributed by atoms with Crippen molar-refractivity contribution in [2.45, 2.75) is 12.5 Å². The molecule has 3 N–H and O–H groups in total. The standard InChI is InChI=1S/C14H13BrN4S/c15-10-3-6-20-14(10)8-12(19-16)9-1-2-11-13(7-9)18-5-4-17-11/h1-7,12,19H,8,16H2. The monoisotopic (exact) mass is 348 g/mol. The van der Waals surface area contributed by atoms with E-state index in [1.165, 1.54) is 4.88 Å². The normalized spacial score (nSPS) is 12.7. The lowest BCUT2D eigenvalue weighted by Crippen LogP contribution is -2.29. The third-order valence-corrected chi connectivity index (χ3v) is 5.13. The third kappa shape index (κ3) is 2.73. The predicted molar refractivity (Wildman–Crippen MR) is 85.3 cm³/mol. The minimum atomic E-state index is 0.0522. The minimum Gasteiger partial charge on any atom is -0.271 e. The third-order valence-electron chi connectivity index (χ3n) is 3.18. The van der Waals surface area contributed by atoms with E-state index >= 15 is 0 Å². The molecule has 0 fully saturated rings. The smallest absolute Gasteiger partial charge is 0.0890 e. The molecule has 6 heteroatoms. The molecule has 1 unspecified atom stereocenters. The lowest BCUT2D eigenvalue weighted by atomic mass is 10.0. The fraction of sp³-hybridized carbons (Fsp3) is 0.143. The highest BCUT2D eigenvalue weighted by Crippen LogP contribution is 2.28. The molecule has 3 aromatic rings. The highest BCUT2D eigenvalue weighted by atomic mass is 79.9.